The van der Waals surface area contributed by atoms with Gasteiger partial charge in [-0.05, 0) is 52.6 Å². The van der Waals surface area contributed by atoms with E-state index < -0.39 is 5.60 Å². The number of nitrogens with one attached hydrogen (secondary N) is 1. The molecule has 3 heteroatoms. The van der Waals surface area contributed by atoms with E-state index in [0.29, 0.717) is 0 Å². The van der Waals surface area contributed by atoms with Crippen LogP contribution in [0.5, 0.6) is 0 Å². The van der Waals surface area contributed by atoms with E-state index in [2.05, 4.69) is 48.6 Å². The lowest BCUT2D eigenvalue weighted by Crippen LogP contribution is -2.39. The van der Waals surface area contributed by atoms with Crippen LogP contribution in [0.3, 0.4) is 0 Å². The zero-order chi connectivity index (χ0) is 13.1. The van der Waals surface area contributed by atoms with Crippen molar-refractivity contribution in [1.29, 1.82) is 0 Å². The summed E-state index contributed by atoms with van der Waals surface area (Å²) in [6, 6.07) is 8.35. The van der Waals surface area contributed by atoms with Crippen LogP contribution in [-0.2, 0) is 6.54 Å². The zero-order valence-electron chi connectivity index (χ0n) is 11.5. The molecule has 3 nitrogen and oxygen atoms in total. The van der Waals surface area contributed by atoms with Crippen molar-refractivity contribution in [3.8, 4) is 0 Å². The molecule has 0 saturated carbocycles. The fraction of sp³-hybridized carbons (Fsp3) is 0.571. The monoisotopic (exact) mass is 236 g/mol. The van der Waals surface area contributed by atoms with E-state index >= 15 is 0 Å². The van der Waals surface area contributed by atoms with Crippen LogP contribution in [0, 0.1) is 0 Å². The lowest BCUT2D eigenvalue weighted by atomic mass is 10.0. The van der Waals surface area contributed by atoms with Crippen LogP contribution in [-0.4, -0.2) is 35.7 Å². The molecule has 0 aliphatic carbocycles. The molecule has 0 fully saturated rings. The van der Waals surface area contributed by atoms with Crippen molar-refractivity contribution in [2.24, 2.45) is 0 Å². The second-order valence-electron chi connectivity index (χ2n) is 5.45. The first-order chi connectivity index (χ1) is 7.79. The van der Waals surface area contributed by atoms with Gasteiger partial charge >= 0.3 is 0 Å². The fourth-order valence-corrected chi connectivity index (χ4v) is 1.50. The van der Waals surface area contributed by atoms with Gasteiger partial charge in [-0.25, -0.2) is 0 Å². The normalized spacial score (nSPS) is 13.8. The van der Waals surface area contributed by atoms with Gasteiger partial charge in [0.05, 0.1) is 11.6 Å². The molecule has 0 saturated heterocycles. The van der Waals surface area contributed by atoms with Gasteiger partial charge in [0.15, 0.2) is 0 Å². The van der Waals surface area contributed by atoms with Gasteiger partial charge in [0, 0.05) is 12.2 Å². The molecule has 96 valence electrons. The Balaban J connectivity index is 2.62. The number of hydrogen-bond donors (Lipinski definition) is 2. The maximum absolute atomic E-state index is 9.85. The lowest BCUT2D eigenvalue weighted by molar-refractivity contribution is 0.0649. The predicted octanol–water partition coefficient (Wildman–Crippen LogP) is 2.32. The molecule has 0 spiro atoms. The van der Waals surface area contributed by atoms with Gasteiger partial charge in [0.1, 0.15) is 0 Å². The highest BCUT2D eigenvalue weighted by Gasteiger charge is 2.21. The standard InChI is InChI=1S/C14H24N2O/c1-11(14(2,3)17)15-13-8-6-12(7-9-13)10-16(4)5/h6-9,11,15,17H,10H2,1-5H3. The Morgan fingerprint density at radius 1 is 1.24 bits per heavy atom. The summed E-state index contributed by atoms with van der Waals surface area (Å²) in [6.07, 6.45) is 0. The molecule has 0 radical (unpaired) electrons. The summed E-state index contributed by atoms with van der Waals surface area (Å²) in [7, 11) is 4.12. The van der Waals surface area contributed by atoms with Gasteiger partial charge in [0.25, 0.3) is 0 Å². The molecule has 0 aliphatic heterocycles. The molecule has 1 aromatic carbocycles. The summed E-state index contributed by atoms with van der Waals surface area (Å²) < 4.78 is 0. The summed E-state index contributed by atoms with van der Waals surface area (Å²) in [5.74, 6) is 0. The van der Waals surface area contributed by atoms with Gasteiger partial charge in [0.2, 0.25) is 0 Å². The highest BCUT2D eigenvalue weighted by atomic mass is 16.3. The number of benzene rings is 1. The third-order valence-corrected chi connectivity index (χ3v) is 2.90. The van der Waals surface area contributed by atoms with Crippen LogP contribution >= 0.6 is 0 Å². The molecular formula is C14H24N2O. The van der Waals surface area contributed by atoms with Crippen molar-refractivity contribution in [2.75, 3.05) is 19.4 Å². The van der Waals surface area contributed by atoms with Gasteiger partial charge < -0.3 is 15.3 Å². The van der Waals surface area contributed by atoms with E-state index in [1.807, 2.05) is 20.8 Å². The number of rotatable bonds is 5. The van der Waals surface area contributed by atoms with E-state index in [4.69, 9.17) is 0 Å². The highest BCUT2D eigenvalue weighted by molar-refractivity contribution is 5.45. The molecule has 0 bridgehead atoms. The molecule has 1 atom stereocenters. The third-order valence-electron chi connectivity index (χ3n) is 2.90. The maximum Gasteiger partial charge on any atom is 0.0789 e. The Hall–Kier alpha value is -1.06. The van der Waals surface area contributed by atoms with E-state index in [1.54, 1.807) is 0 Å². The Morgan fingerprint density at radius 2 is 1.76 bits per heavy atom. The third kappa shape index (κ3) is 4.75. The van der Waals surface area contributed by atoms with E-state index in [9.17, 15) is 5.11 Å². The molecule has 2 N–H and O–H groups in total. The van der Waals surface area contributed by atoms with Crippen LogP contribution in [0.4, 0.5) is 5.69 Å². The molecule has 1 aromatic rings. The number of anilines is 1. The minimum atomic E-state index is -0.720. The van der Waals surface area contributed by atoms with Gasteiger partial charge in [-0.3, -0.25) is 0 Å². The van der Waals surface area contributed by atoms with Crippen molar-refractivity contribution in [3.05, 3.63) is 29.8 Å². The summed E-state index contributed by atoms with van der Waals surface area (Å²) in [5.41, 5.74) is 1.61. The average Bonchev–Trinajstić information content (AvgIpc) is 2.18. The SMILES string of the molecule is CC(Nc1ccc(CN(C)C)cc1)C(C)(C)O. The average molecular weight is 236 g/mol. The second kappa shape index (κ2) is 5.52. The minimum absolute atomic E-state index is 0.0159. The Bertz CT molecular complexity index is 338. The van der Waals surface area contributed by atoms with E-state index in [0.717, 1.165) is 12.2 Å². The highest BCUT2D eigenvalue weighted by Crippen LogP contribution is 2.16. The minimum Gasteiger partial charge on any atom is -0.388 e. The predicted molar refractivity (Wildman–Crippen MR) is 73.2 cm³/mol. The smallest absolute Gasteiger partial charge is 0.0789 e. The molecule has 1 rings (SSSR count). The van der Waals surface area contributed by atoms with Crippen molar-refractivity contribution >= 4 is 5.69 Å². The summed E-state index contributed by atoms with van der Waals surface area (Å²) in [4.78, 5) is 2.14. The van der Waals surface area contributed by atoms with Gasteiger partial charge in [-0.1, -0.05) is 12.1 Å². The summed E-state index contributed by atoms with van der Waals surface area (Å²) in [5, 5.41) is 13.2. The van der Waals surface area contributed by atoms with Crippen molar-refractivity contribution in [2.45, 2.75) is 39.0 Å². The molecule has 0 heterocycles. The molecule has 0 amide bonds. The number of hydrogen-bond acceptors (Lipinski definition) is 3. The summed E-state index contributed by atoms with van der Waals surface area (Å²) in [6.45, 7) is 6.55. The van der Waals surface area contributed by atoms with Crippen LogP contribution in [0.2, 0.25) is 0 Å². The van der Waals surface area contributed by atoms with Gasteiger partial charge in [-0.15, -0.1) is 0 Å². The van der Waals surface area contributed by atoms with Crippen LogP contribution < -0.4 is 5.32 Å². The second-order valence-corrected chi connectivity index (χ2v) is 5.45. The van der Waals surface area contributed by atoms with Crippen molar-refractivity contribution in [3.63, 3.8) is 0 Å². The van der Waals surface area contributed by atoms with E-state index in [-0.39, 0.29) is 6.04 Å². The fourth-order valence-electron chi connectivity index (χ4n) is 1.50. The summed E-state index contributed by atoms with van der Waals surface area (Å²) >= 11 is 0. The maximum atomic E-state index is 9.85. The Labute approximate surface area is 104 Å². The Kier molecular flexibility index (Phi) is 4.54. The number of aliphatic hydroxyl groups is 1. The first kappa shape index (κ1) is 14.0. The molecule has 0 aromatic heterocycles. The molecule has 1 unspecified atom stereocenters. The number of nitrogens with zero attached hydrogens (tertiary/aromatic N) is 1. The van der Waals surface area contributed by atoms with Gasteiger partial charge in [-0.2, -0.15) is 0 Å². The van der Waals surface area contributed by atoms with Crippen molar-refractivity contribution in [1.82, 2.24) is 4.90 Å². The van der Waals surface area contributed by atoms with Crippen molar-refractivity contribution < 1.29 is 5.11 Å². The Morgan fingerprint density at radius 3 is 2.18 bits per heavy atom. The first-order valence-electron chi connectivity index (χ1n) is 6.01. The lowest BCUT2D eigenvalue weighted by Gasteiger charge is -2.27. The van der Waals surface area contributed by atoms with Crippen LogP contribution in [0.1, 0.15) is 26.3 Å². The van der Waals surface area contributed by atoms with E-state index in [1.165, 1.54) is 5.56 Å². The zero-order valence-corrected chi connectivity index (χ0v) is 11.5. The topological polar surface area (TPSA) is 35.5 Å². The largest absolute Gasteiger partial charge is 0.388 e. The first-order valence-corrected chi connectivity index (χ1v) is 6.01. The van der Waals surface area contributed by atoms with Crippen LogP contribution in [0.15, 0.2) is 24.3 Å². The molecular weight excluding hydrogens is 212 g/mol. The molecule has 0 aliphatic rings. The quantitative estimate of drug-likeness (QED) is 0.823. The van der Waals surface area contributed by atoms with Crippen LogP contribution in [0.25, 0.3) is 0 Å². The molecule has 17 heavy (non-hydrogen) atoms.